The minimum atomic E-state index is -3.23. The standard InChI is InChI=1S/C13H24N2O5S/c14-12(16)5-9-21(19,20)10-8-15-6-3-11(4-7-15)1-2-13(17)18/h11H,1-10H2,(H2,14,16)(H,17,18). The molecule has 1 heterocycles. The number of rotatable bonds is 9. The minimum Gasteiger partial charge on any atom is -0.481 e. The van der Waals surface area contributed by atoms with Crippen molar-refractivity contribution in [2.24, 2.45) is 11.7 Å². The molecule has 8 heteroatoms. The van der Waals surface area contributed by atoms with E-state index in [1.54, 1.807) is 0 Å². The Hall–Kier alpha value is -1.15. The van der Waals surface area contributed by atoms with Crippen molar-refractivity contribution in [2.45, 2.75) is 32.1 Å². The summed E-state index contributed by atoms with van der Waals surface area (Å²) < 4.78 is 23.4. The van der Waals surface area contributed by atoms with Crippen molar-refractivity contribution in [1.82, 2.24) is 4.90 Å². The molecule has 1 aliphatic rings. The van der Waals surface area contributed by atoms with Crippen LogP contribution in [0.15, 0.2) is 0 Å². The molecule has 1 rings (SSSR count). The smallest absolute Gasteiger partial charge is 0.303 e. The summed E-state index contributed by atoms with van der Waals surface area (Å²) >= 11 is 0. The molecule has 122 valence electrons. The lowest BCUT2D eigenvalue weighted by atomic mass is 9.92. The predicted molar refractivity (Wildman–Crippen MR) is 78.5 cm³/mol. The number of aliphatic carboxylic acids is 1. The van der Waals surface area contributed by atoms with E-state index in [0.717, 1.165) is 25.9 Å². The Morgan fingerprint density at radius 1 is 1.14 bits per heavy atom. The Morgan fingerprint density at radius 2 is 1.76 bits per heavy atom. The Morgan fingerprint density at radius 3 is 2.29 bits per heavy atom. The van der Waals surface area contributed by atoms with Gasteiger partial charge in [0, 0.05) is 19.4 Å². The van der Waals surface area contributed by atoms with E-state index in [2.05, 4.69) is 4.90 Å². The van der Waals surface area contributed by atoms with Crippen LogP contribution in [0.25, 0.3) is 0 Å². The van der Waals surface area contributed by atoms with Gasteiger partial charge >= 0.3 is 5.97 Å². The lowest BCUT2D eigenvalue weighted by Crippen LogP contribution is -2.37. The van der Waals surface area contributed by atoms with Crippen LogP contribution >= 0.6 is 0 Å². The van der Waals surface area contributed by atoms with Crippen LogP contribution in [0, 0.1) is 5.92 Å². The van der Waals surface area contributed by atoms with Gasteiger partial charge in [0.15, 0.2) is 9.84 Å². The summed E-state index contributed by atoms with van der Waals surface area (Å²) in [6.07, 6.45) is 2.59. The number of nitrogens with zero attached hydrogens (tertiary/aromatic N) is 1. The third-order valence-electron chi connectivity index (χ3n) is 3.85. The molecule has 0 spiro atoms. The molecule has 1 fully saturated rings. The number of carboxylic acids is 1. The van der Waals surface area contributed by atoms with Crippen LogP contribution in [-0.4, -0.2) is 61.4 Å². The molecule has 0 aliphatic carbocycles. The lowest BCUT2D eigenvalue weighted by molar-refractivity contribution is -0.137. The zero-order valence-corrected chi connectivity index (χ0v) is 13.0. The molecule has 1 saturated heterocycles. The second-order valence-corrected chi connectivity index (χ2v) is 7.89. The van der Waals surface area contributed by atoms with Crippen LogP contribution in [-0.2, 0) is 19.4 Å². The van der Waals surface area contributed by atoms with Crippen LogP contribution in [0.5, 0.6) is 0 Å². The summed E-state index contributed by atoms with van der Waals surface area (Å²) in [6, 6.07) is 0. The Kier molecular flexibility index (Phi) is 7.10. The monoisotopic (exact) mass is 320 g/mol. The third-order valence-corrected chi connectivity index (χ3v) is 5.48. The van der Waals surface area contributed by atoms with E-state index in [9.17, 15) is 18.0 Å². The van der Waals surface area contributed by atoms with Crippen molar-refractivity contribution in [2.75, 3.05) is 31.1 Å². The van der Waals surface area contributed by atoms with E-state index in [-0.39, 0.29) is 24.3 Å². The first-order valence-electron chi connectivity index (χ1n) is 7.21. The van der Waals surface area contributed by atoms with E-state index in [1.165, 1.54) is 0 Å². The number of carboxylic acid groups (broad SMARTS) is 1. The van der Waals surface area contributed by atoms with Crippen LogP contribution in [0.4, 0.5) is 0 Å². The van der Waals surface area contributed by atoms with E-state index >= 15 is 0 Å². The van der Waals surface area contributed by atoms with Crippen molar-refractivity contribution >= 4 is 21.7 Å². The SMILES string of the molecule is NC(=O)CCS(=O)(=O)CCN1CCC(CCC(=O)O)CC1. The average Bonchev–Trinajstić information content (AvgIpc) is 2.42. The maximum atomic E-state index is 11.7. The van der Waals surface area contributed by atoms with Gasteiger partial charge in [-0.15, -0.1) is 0 Å². The largest absolute Gasteiger partial charge is 0.481 e. The molecule has 7 nitrogen and oxygen atoms in total. The second kappa shape index (κ2) is 8.33. The van der Waals surface area contributed by atoms with Gasteiger partial charge in [-0.05, 0) is 38.3 Å². The number of carbonyl (C=O) groups excluding carboxylic acids is 1. The molecule has 0 aromatic heterocycles. The number of hydrogen-bond acceptors (Lipinski definition) is 5. The number of piperidine rings is 1. The molecule has 1 aliphatic heterocycles. The molecule has 0 unspecified atom stereocenters. The number of sulfone groups is 1. The summed E-state index contributed by atoms with van der Waals surface area (Å²) in [6.45, 7) is 2.07. The number of likely N-dealkylation sites (tertiary alicyclic amines) is 1. The van der Waals surface area contributed by atoms with E-state index in [0.29, 0.717) is 18.9 Å². The number of hydrogen-bond donors (Lipinski definition) is 2. The van der Waals surface area contributed by atoms with Gasteiger partial charge in [-0.2, -0.15) is 0 Å². The molecule has 0 aromatic carbocycles. The van der Waals surface area contributed by atoms with Gasteiger partial charge in [-0.1, -0.05) is 0 Å². The molecule has 3 N–H and O–H groups in total. The fraction of sp³-hybridized carbons (Fsp3) is 0.846. The van der Waals surface area contributed by atoms with Crippen LogP contribution < -0.4 is 5.73 Å². The molecule has 0 atom stereocenters. The first kappa shape index (κ1) is 17.9. The van der Waals surface area contributed by atoms with Crippen molar-refractivity contribution in [1.29, 1.82) is 0 Å². The molecule has 1 amide bonds. The quantitative estimate of drug-likeness (QED) is 0.610. The van der Waals surface area contributed by atoms with Crippen LogP contribution in [0.2, 0.25) is 0 Å². The van der Waals surface area contributed by atoms with Gasteiger partial charge in [-0.3, -0.25) is 9.59 Å². The number of nitrogens with two attached hydrogens (primary N) is 1. The highest BCUT2D eigenvalue weighted by Crippen LogP contribution is 2.21. The molecule has 21 heavy (non-hydrogen) atoms. The average molecular weight is 320 g/mol. The van der Waals surface area contributed by atoms with Crippen LogP contribution in [0.1, 0.15) is 32.1 Å². The summed E-state index contributed by atoms with van der Waals surface area (Å²) in [7, 11) is -3.23. The van der Waals surface area contributed by atoms with Gasteiger partial charge in [0.25, 0.3) is 0 Å². The van der Waals surface area contributed by atoms with Gasteiger partial charge in [0.1, 0.15) is 0 Å². The summed E-state index contributed by atoms with van der Waals surface area (Å²) in [5.74, 6) is -1.09. The molecule has 0 radical (unpaired) electrons. The molecule has 0 bridgehead atoms. The second-order valence-electron chi connectivity index (χ2n) is 5.59. The van der Waals surface area contributed by atoms with Crippen molar-refractivity contribution in [3.05, 3.63) is 0 Å². The first-order chi connectivity index (χ1) is 9.78. The Balaban J connectivity index is 2.23. The number of amides is 1. The van der Waals surface area contributed by atoms with Crippen molar-refractivity contribution in [3.8, 4) is 0 Å². The topological polar surface area (TPSA) is 118 Å². The normalized spacial score (nSPS) is 17.7. The first-order valence-corrected chi connectivity index (χ1v) is 9.03. The highest BCUT2D eigenvalue weighted by Gasteiger charge is 2.21. The van der Waals surface area contributed by atoms with Crippen molar-refractivity contribution in [3.63, 3.8) is 0 Å². The zero-order chi connectivity index (χ0) is 15.9. The Bertz CT molecular complexity index is 455. The third kappa shape index (κ3) is 8.01. The maximum absolute atomic E-state index is 11.7. The highest BCUT2D eigenvalue weighted by molar-refractivity contribution is 7.91. The fourth-order valence-corrected chi connectivity index (χ4v) is 3.71. The van der Waals surface area contributed by atoms with Gasteiger partial charge in [0.05, 0.1) is 11.5 Å². The molecule has 0 aromatic rings. The summed E-state index contributed by atoms with van der Waals surface area (Å²) in [5, 5.41) is 8.65. The summed E-state index contributed by atoms with van der Waals surface area (Å²) in [5.41, 5.74) is 4.95. The number of carbonyl (C=O) groups is 2. The van der Waals surface area contributed by atoms with Crippen LogP contribution in [0.3, 0.4) is 0 Å². The maximum Gasteiger partial charge on any atom is 0.303 e. The van der Waals surface area contributed by atoms with E-state index in [4.69, 9.17) is 10.8 Å². The van der Waals surface area contributed by atoms with E-state index < -0.39 is 21.7 Å². The summed E-state index contributed by atoms with van der Waals surface area (Å²) in [4.78, 5) is 23.2. The Labute approximate surface area is 125 Å². The fourth-order valence-electron chi connectivity index (χ4n) is 2.45. The van der Waals surface area contributed by atoms with Gasteiger partial charge in [0.2, 0.25) is 5.91 Å². The van der Waals surface area contributed by atoms with Gasteiger partial charge < -0.3 is 15.7 Å². The van der Waals surface area contributed by atoms with Crippen molar-refractivity contribution < 1.29 is 23.1 Å². The lowest BCUT2D eigenvalue weighted by Gasteiger charge is -2.31. The number of primary amides is 1. The molecule has 0 saturated carbocycles. The minimum absolute atomic E-state index is 0.0417. The van der Waals surface area contributed by atoms with E-state index in [1.807, 2.05) is 0 Å². The van der Waals surface area contributed by atoms with Gasteiger partial charge in [-0.25, -0.2) is 8.42 Å². The zero-order valence-electron chi connectivity index (χ0n) is 12.2. The predicted octanol–water partition coefficient (Wildman–Crippen LogP) is -0.147. The molecular weight excluding hydrogens is 296 g/mol. The molecular formula is C13H24N2O5S. The highest BCUT2D eigenvalue weighted by atomic mass is 32.2.